The van der Waals surface area contributed by atoms with Crippen molar-refractivity contribution in [1.29, 1.82) is 0 Å². The van der Waals surface area contributed by atoms with E-state index in [0.29, 0.717) is 13.2 Å². The first kappa shape index (κ1) is 14.2. The van der Waals surface area contributed by atoms with E-state index in [0.717, 1.165) is 13.1 Å². The summed E-state index contributed by atoms with van der Waals surface area (Å²) in [5, 5.41) is 9.46. The Balaban J connectivity index is 2.32. The minimum Gasteiger partial charge on any atom is -0.389 e. The van der Waals surface area contributed by atoms with Gasteiger partial charge in [0.15, 0.2) is 9.84 Å². The molecule has 2 aliphatic heterocycles. The highest BCUT2D eigenvalue weighted by molar-refractivity contribution is 7.95. The number of morpholine rings is 1. The zero-order valence-corrected chi connectivity index (χ0v) is 12.3. The molecule has 106 valence electrons. The van der Waals surface area contributed by atoms with Gasteiger partial charge in [0.2, 0.25) is 0 Å². The fraction of sp³-hybridized carbons (Fsp3) is 1.00. The molecule has 0 saturated carbocycles. The third-order valence-electron chi connectivity index (χ3n) is 4.20. The second-order valence-electron chi connectivity index (χ2n) is 6.32. The van der Waals surface area contributed by atoms with Gasteiger partial charge in [-0.2, -0.15) is 0 Å². The first-order valence-electron chi connectivity index (χ1n) is 6.38. The molecule has 2 unspecified atom stereocenters. The summed E-state index contributed by atoms with van der Waals surface area (Å²) in [5.41, 5.74) is -1.21. The molecule has 2 fully saturated rings. The van der Waals surface area contributed by atoms with Crippen molar-refractivity contribution in [2.45, 2.75) is 49.3 Å². The van der Waals surface area contributed by atoms with E-state index in [-0.39, 0.29) is 6.04 Å². The van der Waals surface area contributed by atoms with Crippen LogP contribution in [0.1, 0.15) is 27.7 Å². The Labute approximate surface area is 109 Å². The minimum absolute atomic E-state index is 0.133. The number of aliphatic hydroxyl groups is 1. The number of sulfone groups is 1. The van der Waals surface area contributed by atoms with Gasteiger partial charge in [-0.25, -0.2) is 8.42 Å². The molecule has 0 aromatic heterocycles. The highest BCUT2D eigenvalue weighted by atomic mass is 32.2. The first-order chi connectivity index (χ1) is 8.10. The quantitative estimate of drug-likeness (QED) is 0.771. The van der Waals surface area contributed by atoms with Crippen molar-refractivity contribution in [3.05, 3.63) is 0 Å². The van der Waals surface area contributed by atoms with Crippen LogP contribution in [0.5, 0.6) is 0 Å². The molecular formula is C12H23NO4S. The Hall–Kier alpha value is -0.170. The fourth-order valence-electron chi connectivity index (χ4n) is 3.21. The van der Waals surface area contributed by atoms with E-state index in [1.807, 2.05) is 0 Å². The monoisotopic (exact) mass is 277 g/mol. The number of nitrogens with zero attached hydrogens (tertiary/aromatic N) is 1. The summed E-state index contributed by atoms with van der Waals surface area (Å²) in [6.07, 6.45) is 0. The van der Waals surface area contributed by atoms with E-state index in [1.54, 1.807) is 27.7 Å². The normalized spacial score (nSPS) is 36.1. The highest BCUT2D eigenvalue weighted by Gasteiger charge is 2.67. The van der Waals surface area contributed by atoms with Gasteiger partial charge in [-0.1, -0.05) is 0 Å². The molecular weight excluding hydrogens is 254 g/mol. The Kier molecular flexibility index (Phi) is 3.29. The molecule has 0 amide bonds. The third-order valence-corrected chi connectivity index (χ3v) is 7.41. The topological polar surface area (TPSA) is 66.8 Å². The summed E-state index contributed by atoms with van der Waals surface area (Å²) in [4.78, 5) is 2.15. The number of hydrogen-bond acceptors (Lipinski definition) is 5. The van der Waals surface area contributed by atoms with Crippen LogP contribution in [0.15, 0.2) is 0 Å². The Morgan fingerprint density at radius 3 is 2.22 bits per heavy atom. The van der Waals surface area contributed by atoms with Crippen molar-refractivity contribution in [2.24, 2.45) is 0 Å². The van der Waals surface area contributed by atoms with E-state index in [9.17, 15) is 13.5 Å². The van der Waals surface area contributed by atoms with Crippen LogP contribution < -0.4 is 0 Å². The summed E-state index contributed by atoms with van der Waals surface area (Å²) < 4.78 is 29.2. The van der Waals surface area contributed by atoms with E-state index in [4.69, 9.17) is 4.74 Å². The van der Waals surface area contributed by atoms with Gasteiger partial charge in [-0.05, 0) is 27.7 Å². The standard InChI is InChI=1S/C12H23NO4S/c1-11(2,14)10-9(12(3,4)18(10,15)16)13-5-7-17-8-6-13/h9-10,14H,5-8H2,1-4H3. The van der Waals surface area contributed by atoms with Crippen molar-refractivity contribution in [2.75, 3.05) is 26.3 Å². The zero-order chi connectivity index (χ0) is 13.8. The summed E-state index contributed by atoms with van der Waals surface area (Å²) in [6, 6.07) is -0.133. The van der Waals surface area contributed by atoms with Gasteiger partial charge in [0, 0.05) is 19.1 Å². The number of rotatable bonds is 2. The molecule has 0 aromatic rings. The highest BCUT2D eigenvalue weighted by Crippen LogP contribution is 2.47. The lowest BCUT2D eigenvalue weighted by atomic mass is 9.87. The predicted molar refractivity (Wildman–Crippen MR) is 69.3 cm³/mol. The van der Waals surface area contributed by atoms with Gasteiger partial charge in [0.05, 0.1) is 23.6 Å². The second kappa shape index (κ2) is 4.16. The molecule has 2 heterocycles. The van der Waals surface area contributed by atoms with Crippen molar-refractivity contribution < 1.29 is 18.3 Å². The predicted octanol–water partition coefficient (Wildman–Crippen LogP) is 0.0337. The maximum absolute atomic E-state index is 12.4. The van der Waals surface area contributed by atoms with Gasteiger partial charge >= 0.3 is 0 Å². The van der Waals surface area contributed by atoms with Crippen molar-refractivity contribution in [3.63, 3.8) is 0 Å². The largest absolute Gasteiger partial charge is 0.389 e. The van der Waals surface area contributed by atoms with E-state index < -0.39 is 25.4 Å². The van der Waals surface area contributed by atoms with E-state index in [1.165, 1.54) is 0 Å². The smallest absolute Gasteiger partial charge is 0.164 e. The van der Waals surface area contributed by atoms with E-state index in [2.05, 4.69) is 4.90 Å². The number of ether oxygens (including phenoxy) is 1. The molecule has 18 heavy (non-hydrogen) atoms. The lowest BCUT2D eigenvalue weighted by Gasteiger charge is -2.58. The molecule has 0 aliphatic carbocycles. The van der Waals surface area contributed by atoms with Crippen LogP contribution in [0.3, 0.4) is 0 Å². The van der Waals surface area contributed by atoms with Crippen LogP contribution in [-0.4, -0.2) is 66.4 Å². The van der Waals surface area contributed by atoms with Crippen molar-refractivity contribution >= 4 is 9.84 Å². The molecule has 2 atom stereocenters. The summed E-state index contributed by atoms with van der Waals surface area (Å²) in [7, 11) is -3.29. The van der Waals surface area contributed by atoms with Crippen LogP contribution >= 0.6 is 0 Å². The van der Waals surface area contributed by atoms with E-state index >= 15 is 0 Å². The van der Waals surface area contributed by atoms with Crippen molar-refractivity contribution in [1.82, 2.24) is 4.90 Å². The second-order valence-corrected chi connectivity index (χ2v) is 8.97. The molecule has 2 rings (SSSR count). The van der Waals surface area contributed by atoms with Gasteiger partial charge in [0.25, 0.3) is 0 Å². The molecule has 0 spiro atoms. The van der Waals surface area contributed by atoms with Gasteiger partial charge in [-0.3, -0.25) is 4.90 Å². The lowest BCUT2D eigenvalue weighted by Crippen LogP contribution is -2.78. The SMILES string of the molecule is CC(C)(O)C1C(N2CCOCC2)C(C)(C)S1(=O)=O. The van der Waals surface area contributed by atoms with Crippen LogP contribution in [0.4, 0.5) is 0 Å². The van der Waals surface area contributed by atoms with Crippen LogP contribution in [0.25, 0.3) is 0 Å². The molecule has 1 N–H and O–H groups in total. The summed E-state index contributed by atoms with van der Waals surface area (Å²) in [5.74, 6) is 0. The molecule has 0 radical (unpaired) electrons. The average Bonchev–Trinajstić information content (AvgIpc) is 2.24. The average molecular weight is 277 g/mol. The Morgan fingerprint density at radius 1 is 1.28 bits per heavy atom. The zero-order valence-electron chi connectivity index (χ0n) is 11.5. The lowest BCUT2D eigenvalue weighted by molar-refractivity contribution is -0.0317. The maximum Gasteiger partial charge on any atom is 0.164 e. The molecule has 2 saturated heterocycles. The number of hydrogen-bond donors (Lipinski definition) is 1. The molecule has 5 nitrogen and oxygen atoms in total. The fourth-order valence-corrected chi connectivity index (χ4v) is 5.87. The molecule has 6 heteroatoms. The van der Waals surface area contributed by atoms with Crippen LogP contribution in [-0.2, 0) is 14.6 Å². The molecule has 0 aromatic carbocycles. The third kappa shape index (κ3) is 1.90. The molecule has 2 aliphatic rings. The van der Waals surface area contributed by atoms with Gasteiger partial charge < -0.3 is 9.84 Å². The summed E-state index contributed by atoms with van der Waals surface area (Å²) in [6.45, 7) is 9.40. The Bertz CT molecular complexity index is 418. The van der Waals surface area contributed by atoms with Crippen LogP contribution in [0.2, 0.25) is 0 Å². The Morgan fingerprint density at radius 2 is 1.78 bits per heavy atom. The molecule has 0 bridgehead atoms. The van der Waals surface area contributed by atoms with Crippen LogP contribution in [0, 0.1) is 0 Å². The van der Waals surface area contributed by atoms with Crippen molar-refractivity contribution in [3.8, 4) is 0 Å². The van der Waals surface area contributed by atoms with Gasteiger partial charge in [0.1, 0.15) is 5.25 Å². The maximum atomic E-state index is 12.4. The summed E-state index contributed by atoms with van der Waals surface area (Å²) >= 11 is 0. The van der Waals surface area contributed by atoms with Gasteiger partial charge in [-0.15, -0.1) is 0 Å². The minimum atomic E-state index is -3.29. The first-order valence-corrected chi connectivity index (χ1v) is 7.92.